The molecule has 1 atom stereocenters. The molecule has 2 aromatic carbocycles. The molecule has 5 aromatic rings. The van der Waals surface area contributed by atoms with Crippen LogP contribution in [0.25, 0.3) is 33.8 Å². The Morgan fingerprint density at radius 1 is 1.02 bits per heavy atom. The lowest BCUT2D eigenvalue weighted by Gasteiger charge is -2.37. The zero-order valence-electron chi connectivity index (χ0n) is 22.4. The second-order valence-electron chi connectivity index (χ2n) is 10.2. The van der Waals surface area contributed by atoms with Crippen molar-refractivity contribution in [2.75, 3.05) is 44.7 Å². The monoisotopic (exact) mass is 575 g/mol. The Bertz CT molecular complexity index is 1800. The van der Waals surface area contributed by atoms with E-state index >= 15 is 4.39 Å². The Balaban J connectivity index is 1.19. The summed E-state index contributed by atoms with van der Waals surface area (Å²) in [5.41, 5.74) is 1.61. The summed E-state index contributed by atoms with van der Waals surface area (Å²) in [5, 5.41) is 16.9. The van der Waals surface area contributed by atoms with Crippen molar-refractivity contribution >= 4 is 28.4 Å². The number of aromatic nitrogens is 5. The molecule has 1 saturated heterocycles. The fraction of sp³-hybridized carbons (Fsp3) is 0.321. The number of piperazine rings is 1. The predicted molar refractivity (Wildman–Crippen MR) is 151 cm³/mol. The van der Waals surface area contributed by atoms with Gasteiger partial charge < -0.3 is 27.9 Å². The second kappa shape index (κ2) is 10.3. The number of thioether (sulfide) groups is 1. The number of ether oxygens (including phenoxy) is 1. The molecule has 0 bridgehead atoms. The topological polar surface area (TPSA) is 116 Å². The molecular formula is C28H26FN7O4S. The van der Waals surface area contributed by atoms with Crippen LogP contribution in [0, 0.1) is 5.82 Å². The van der Waals surface area contributed by atoms with E-state index in [1.807, 2.05) is 53.8 Å². The quantitative estimate of drug-likeness (QED) is 0.271. The maximum absolute atomic E-state index is 15.6. The molecule has 2 aliphatic rings. The molecule has 3 aromatic heterocycles. The fourth-order valence-corrected chi connectivity index (χ4v) is 5.80. The molecule has 0 spiro atoms. The van der Waals surface area contributed by atoms with Crippen molar-refractivity contribution in [2.24, 2.45) is 0 Å². The van der Waals surface area contributed by atoms with Gasteiger partial charge in [0, 0.05) is 37.9 Å². The number of benzene rings is 2. The first-order valence-electron chi connectivity index (χ1n) is 13.3. The van der Waals surface area contributed by atoms with E-state index in [0.717, 1.165) is 18.7 Å². The molecule has 0 saturated carbocycles. The standard InChI is InChI=1S/C28H26FN7O4S/c1-16-14-38-25-22-18(12-20(29)23(25)35-10-8-34(2)9-11-35)24(37)19(13-36(16)22)27-32-33-28(40-27)41-15-21-30-31-26(39-21)17-6-4-3-5-7-17/h3-7,12-13,16H,8-11,14-15H2,1-2H3. The maximum atomic E-state index is 15.6. The summed E-state index contributed by atoms with van der Waals surface area (Å²) in [6.07, 6.45) is 1.71. The molecule has 11 nitrogen and oxygen atoms in total. The third-order valence-electron chi connectivity index (χ3n) is 7.41. The van der Waals surface area contributed by atoms with E-state index in [2.05, 4.69) is 25.3 Å². The minimum atomic E-state index is -0.483. The van der Waals surface area contributed by atoms with Gasteiger partial charge in [-0.3, -0.25) is 4.79 Å². The smallest absolute Gasteiger partial charge is 0.277 e. The average molecular weight is 576 g/mol. The van der Waals surface area contributed by atoms with Gasteiger partial charge in [-0.15, -0.1) is 20.4 Å². The van der Waals surface area contributed by atoms with Gasteiger partial charge in [0.25, 0.3) is 11.1 Å². The zero-order chi connectivity index (χ0) is 28.1. The van der Waals surface area contributed by atoms with Crippen LogP contribution in [0.4, 0.5) is 10.1 Å². The Kier molecular flexibility index (Phi) is 6.47. The lowest BCUT2D eigenvalue weighted by Crippen LogP contribution is -2.45. The fourth-order valence-electron chi connectivity index (χ4n) is 5.20. The number of rotatable bonds is 6. The largest absolute Gasteiger partial charge is 0.487 e. The summed E-state index contributed by atoms with van der Waals surface area (Å²) in [4.78, 5) is 17.9. The Morgan fingerprint density at radius 3 is 2.61 bits per heavy atom. The van der Waals surface area contributed by atoms with Crippen LogP contribution >= 0.6 is 11.8 Å². The average Bonchev–Trinajstić information content (AvgIpc) is 3.66. The van der Waals surface area contributed by atoms with Crippen molar-refractivity contribution in [3.63, 3.8) is 0 Å². The molecule has 210 valence electrons. The van der Waals surface area contributed by atoms with Crippen LogP contribution in [0.15, 0.2) is 61.4 Å². The number of halogens is 1. The number of nitrogens with zero attached hydrogens (tertiary/aromatic N) is 7. The van der Waals surface area contributed by atoms with Gasteiger partial charge in [0.15, 0.2) is 11.6 Å². The Morgan fingerprint density at radius 2 is 1.80 bits per heavy atom. The lowest BCUT2D eigenvalue weighted by atomic mass is 10.1. The van der Waals surface area contributed by atoms with Gasteiger partial charge in [-0.2, -0.15) is 0 Å². The van der Waals surface area contributed by atoms with Gasteiger partial charge in [0.1, 0.15) is 17.9 Å². The van der Waals surface area contributed by atoms with Crippen molar-refractivity contribution in [1.29, 1.82) is 0 Å². The van der Waals surface area contributed by atoms with Gasteiger partial charge in [0.05, 0.1) is 22.7 Å². The highest BCUT2D eigenvalue weighted by Crippen LogP contribution is 2.42. The van der Waals surface area contributed by atoms with Crippen LogP contribution in [-0.2, 0) is 5.75 Å². The van der Waals surface area contributed by atoms with Gasteiger partial charge in [-0.05, 0) is 32.2 Å². The van der Waals surface area contributed by atoms with Crippen molar-refractivity contribution < 1.29 is 18.0 Å². The normalized spacial score (nSPS) is 17.2. The highest BCUT2D eigenvalue weighted by molar-refractivity contribution is 7.98. The van der Waals surface area contributed by atoms with Gasteiger partial charge in [-0.25, -0.2) is 4.39 Å². The maximum Gasteiger partial charge on any atom is 0.277 e. The van der Waals surface area contributed by atoms with E-state index < -0.39 is 11.2 Å². The molecule has 5 heterocycles. The molecular weight excluding hydrogens is 549 g/mol. The summed E-state index contributed by atoms with van der Waals surface area (Å²) in [7, 11) is 2.05. The molecule has 0 radical (unpaired) electrons. The van der Waals surface area contributed by atoms with E-state index in [9.17, 15) is 4.79 Å². The lowest BCUT2D eigenvalue weighted by molar-refractivity contribution is 0.245. The van der Waals surface area contributed by atoms with Gasteiger partial charge in [0.2, 0.25) is 17.2 Å². The van der Waals surface area contributed by atoms with E-state index in [-0.39, 0.29) is 28.1 Å². The molecule has 13 heteroatoms. The summed E-state index contributed by atoms with van der Waals surface area (Å²) < 4.78 is 35.3. The van der Waals surface area contributed by atoms with Crippen molar-refractivity contribution in [1.82, 2.24) is 29.9 Å². The van der Waals surface area contributed by atoms with E-state index in [0.29, 0.717) is 54.2 Å². The third kappa shape index (κ3) is 4.64. The molecule has 0 amide bonds. The van der Waals surface area contributed by atoms with E-state index in [1.54, 1.807) is 6.20 Å². The van der Waals surface area contributed by atoms with Crippen LogP contribution in [0.1, 0.15) is 18.9 Å². The first-order chi connectivity index (χ1) is 20.0. The predicted octanol–water partition coefficient (Wildman–Crippen LogP) is 4.24. The van der Waals surface area contributed by atoms with E-state index in [4.69, 9.17) is 13.6 Å². The zero-order valence-corrected chi connectivity index (χ0v) is 23.2. The van der Waals surface area contributed by atoms with Gasteiger partial charge in [-0.1, -0.05) is 30.0 Å². The first-order valence-corrected chi connectivity index (χ1v) is 14.3. The highest BCUT2D eigenvalue weighted by Gasteiger charge is 2.31. The highest BCUT2D eigenvalue weighted by atomic mass is 32.2. The van der Waals surface area contributed by atoms with Crippen molar-refractivity contribution in [3.8, 4) is 28.7 Å². The van der Waals surface area contributed by atoms with Crippen molar-refractivity contribution in [3.05, 3.63) is 64.5 Å². The van der Waals surface area contributed by atoms with Crippen LogP contribution in [0.2, 0.25) is 0 Å². The molecule has 0 aliphatic carbocycles. The summed E-state index contributed by atoms with van der Waals surface area (Å²) in [5.74, 6) is 1.11. The number of hydrogen-bond donors (Lipinski definition) is 0. The van der Waals surface area contributed by atoms with Crippen molar-refractivity contribution in [2.45, 2.75) is 23.9 Å². The molecule has 1 unspecified atom stereocenters. The molecule has 2 aliphatic heterocycles. The van der Waals surface area contributed by atoms with Gasteiger partial charge >= 0.3 is 0 Å². The molecule has 0 N–H and O–H groups in total. The number of anilines is 1. The van der Waals surface area contributed by atoms with Crippen LogP contribution in [0.3, 0.4) is 0 Å². The Hall–Kier alpha value is -4.23. The number of hydrogen-bond acceptors (Lipinski definition) is 11. The first kappa shape index (κ1) is 25.7. The minimum absolute atomic E-state index is 0.0578. The van der Waals surface area contributed by atoms with E-state index in [1.165, 1.54) is 17.8 Å². The number of pyridine rings is 1. The third-order valence-corrected chi connectivity index (χ3v) is 8.21. The molecule has 41 heavy (non-hydrogen) atoms. The SMILES string of the molecule is CC1COc2c(N3CCN(C)CC3)c(F)cc3c(=O)c(-c4nnc(SCc5nnc(-c6ccccc6)o5)o4)cn1c23. The van der Waals surface area contributed by atoms with Crippen LogP contribution in [0.5, 0.6) is 5.75 Å². The van der Waals surface area contributed by atoms with Crippen LogP contribution < -0.4 is 15.1 Å². The van der Waals surface area contributed by atoms with Crippen LogP contribution in [-0.4, -0.2) is 69.7 Å². The number of likely N-dealkylation sites (N-methyl/N-ethyl adjacent to an activating group) is 1. The molecule has 1 fully saturated rings. The molecule has 7 rings (SSSR count). The summed E-state index contributed by atoms with van der Waals surface area (Å²) in [6, 6.07) is 10.7. The summed E-state index contributed by atoms with van der Waals surface area (Å²) >= 11 is 1.22. The Labute approximate surface area is 237 Å². The second-order valence-corrected chi connectivity index (χ2v) is 11.1. The minimum Gasteiger partial charge on any atom is -0.487 e. The summed E-state index contributed by atoms with van der Waals surface area (Å²) in [6.45, 7) is 5.31.